The van der Waals surface area contributed by atoms with Gasteiger partial charge in [-0.15, -0.1) is 11.3 Å². The van der Waals surface area contributed by atoms with Crippen LogP contribution in [0.5, 0.6) is 5.75 Å². The molecule has 1 atom stereocenters. The van der Waals surface area contributed by atoms with E-state index in [1.807, 2.05) is 24.4 Å². The van der Waals surface area contributed by atoms with Crippen molar-refractivity contribution in [1.29, 1.82) is 0 Å². The first-order chi connectivity index (χ1) is 14.6. The van der Waals surface area contributed by atoms with Gasteiger partial charge in [0.2, 0.25) is 0 Å². The summed E-state index contributed by atoms with van der Waals surface area (Å²) < 4.78 is 29.7. The number of amides is 1. The molecular weight excluding hydrogens is 410 g/mol. The normalized spacial score (nSPS) is 20.6. The summed E-state index contributed by atoms with van der Waals surface area (Å²) in [6, 6.07) is 7.41. The van der Waals surface area contributed by atoms with Gasteiger partial charge in [-0.3, -0.25) is 9.69 Å². The Bertz CT molecular complexity index is 827. The Morgan fingerprint density at radius 2 is 2.03 bits per heavy atom. The van der Waals surface area contributed by atoms with Crippen LogP contribution in [0.15, 0.2) is 35.8 Å². The van der Waals surface area contributed by atoms with Crippen LogP contribution in [0, 0.1) is 5.92 Å². The molecule has 2 aliphatic heterocycles. The van der Waals surface area contributed by atoms with Crippen molar-refractivity contribution >= 4 is 23.1 Å². The SMILES string of the molecule is O=C(c1sccc1OC(F)F)N1CCCC(CN2CCN(c3ccccn3)CC2)C1. The van der Waals surface area contributed by atoms with Gasteiger partial charge in [-0.25, -0.2) is 4.98 Å². The van der Waals surface area contributed by atoms with Gasteiger partial charge in [-0.05, 0) is 42.3 Å². The lowest BCUT2D eigenvalue weighted by atomic mass is 9.97. The molecule has 0 radical (unpaired) electrons. The van der Waals surface area contributed by atoms with Crippen LogP contribution in [0.25, 0.3) is 0 Å². The zero-order valence-electron chi connectivity index (χ0n) is 16.8. The highest BCUT2D eigenvalue weighted by atomic mass is 32.1. The van der Waals surface area contributed by atoms with Crippen LogP contribution in [0.4, 0.5) is 14.6 Å². The maximum absolute atomic E-state index is 12.9. The van der Waals surface area contributed by atoms with Crippen molar-refractivity contribution in [3.05, 3.63) is 40.7 Å². The van der Waals surface area contributed by atoms with Gasteiger partial charge in [0.05, 0.1) is 0 Å². The number of alkyl halides is 2. The highest BCUT2D eigenvalue weighted by Gasteiger charge is 2.29. The molecule has 2 aliphatic rings. The summed E-state index contributed by atoms with van der Waals surface area (Å²) in [5.74, 6) is 1.19. The Kier molecular flexibility index (Phi) is 6.79. The minimum atomic E-state index is -2.93. The van der Waals surface area contributed by atoms with Crippen molar-refractivity contribution in [3.8, 4) is 5.75 Å². The quantitative estimate of drug-likeness (QED) is 0.695. The summed E-state index contributed by atoms with van der Waals surface area (Å²) in [4.78, 5) is 24.1. The van der Waals surface area contributed by atoms with Crippen molar-refractivity contribution < 1.29 is 18.3 Å². The molecule has 0 aliphatic carbocycles. The molecule has 0 aromatic carbocycles. The van der Waals surface area contributed by atoms with Crippen molar-refractivity contribution in [2.45, 2.75) is 19.5 Å². The largest absolute Gasteiger partial charge is 0.433 e. The fourth-order valence-electron chi connectivity index (χ4n) is 4.25. The summed E-state index contributed by atoms with van der Waals surface area (Å²) in [5.41, 5.74) is 0. The summed E-state index contributed by atoms with van der Waals surface area (Å²) >= 11 is 1.16. The van der Waals surface area contributed by atoms with Crippen LogP contribution in [0.1, 0.15) is 22.5 Å². The summed E-state index contributed by atoms with van der Waals surface area (Å²) in [6.45, 7) is 3.16. The first kappa shape index (κ1) is 21.0. The number of rotatable bonds is 6. The Morgan fingerprint density at radius 3 is 2.77 bits per heavy atom. The Labute approximate surface area is 179 Å². The molecule has 30 heavy (non-hydrogen) atoms. The van der Waals surface area contributed by atoms with Crippen LogP contribution in [-0.2, 0) is 0 Å². The molecule has 9 heteroatoms. The summed E-state index contributed by atoms with van der Waals surface area (Å²) in [7, 11) is 0. The summed E-state index contributed by atoms with van der Waals surface area (Å²) in [5, 5.41) is 1.62. The fraction of sp³-hybridized carbons (Fsp3) is 0.524. The van der Waals surface area contributed by atoms with Crippen LogP contribution >= 0.6 is 11.3 Å². The zero-order valence-corrected chi connectivity index (χ0v) is 17.6. The van der Waals surface area contributed by atoms with E-state index in [1.54, 1.807) is 10.3 Å². The predicted octanol–water partition coefficient (Wildman–Crippen LogP) is 3.42. The average Bonchev–Trinajstić information content (AvgIpc) is 3.22. The van der Waals surface area contributed by atoms with E-state index in [0.717, 1.165) is 62.7 Å². The van der Waals surface area contributed by atoms with E-state index in [0.29, 0.717) is 19.0 Å². The van der Waals surface area contributed by atoms with Crippen molar-refractivity contribution in [3.63, 3.8) is 0 Å². The molecule has 0 spiro atoms. The molecule has 162 valence electrons. The van der Waals surface area contributed by atoms with Gasteiger partial charge in [0.1, 0.15) is 16.4 Å². The molecule has 2 fully saturated rings. The minimum absolute atomic E-state index is 0.0206. The number of ether oxygens (including phenoxy) is 1. The topological polar surface area (TPSA) is 48.9 Å². The maximum Gasteiger partial charge on any atom is 0.387 e. The van der Waals surface area contributed by atoms with E-state index in [9.17, 15) is 13.6 Å². The second kappa shape index (κ2) is 9.70. The molecule has 2 saturated heterocycles. The lowest BCUT2D eigenvalue weighted by molar-refractivity contribution is -0.0499. The fourth-order valence-corrected chi connectivity index (χ4v) is 5.04. The third kappa shape index (κ3) is 5.07. The number of anilines is 1. The highest BCUT2D eigenvalue weighted by Crippen LogP contribution is 2.30. The molecular formula is C21H26F2N4O2S. The van der Waals surface area contributed by atoms with E-state index >= 15 is 0 Å². The molecule has 1 unspecified atom stereocenters. The number of hydrogen-bond acceptors (Lipinski definition) is 6. The number of carbonyl (C=O) groups excluding carboxylic acids is 1. The monoisotopic (exact) mass is 436 g/mol. The van der Waals surface area contributed by atoms with Gasteiger partial charge in [-0.1, -0.05) is 6.07 Å². The van der Waals surface area contributed by atoms with Crippen molar-refractivity contribution in [1.82, 2.24) is 14.8 Å². The van der Waals surface area contributed by atoms with Gasteiger partial charge in [0.25, 0.3) is 5.91 Å². The predicted molar refractivity (Wildman–Crippen MR) is 112 cm³/mol. The van der Waals surface area contributed by atoms with Gasteiger partial charge < -0.3 is 14.5 Å². The number of halogens is 2. The number of pyridine rings is 1. The maximum atomic E-state index is 12.9. The van der Waals surface area contributed by atoms with E-state index in [-0.39, 0.29) is 16.5 Å². The molecule has 0 saturated carbocycles. The third-order valence-electron chi connectivity index (χ3n) is 5.71. The van der Waals surface area contributed by atoms with Gasteiger partial charge >= 0.3 is 6.61 Å². The summed E-state index contributed by atoms with van der Waals surface area (Å²) in [6.07, 6.45) is 3.83. The van der Waals surface area contributed by atoms with Crippen LogP contribution in [-0.4, -0.2) is 73.1 Å². The second-order valence-corrected chi connectivity index (χ2v) is 8.64. The lowest BCUT2D eigenvalue weighted by Gasteiger charge is -2.39. The zero-order chi connectivity index (χ0) is 20.9. The Morgan fingerprint density at radius 1 is 1.20 bits per heavy atom. The Hall–Kier alpha value is -2.26. The number of nitrogens with zero attached hydrogens (tertiary/aromatic N) is 4. The number of piperazine rings is 1. The minimum Gasteiger partial charge on any atom is -0.433 e. The number of carbonyl (C=O) groups is 1. The van der Waals surface area contributed by atoms with E-state index in [4.69, 9.17) is 0 Å². The van der Waals surface area contributed by atoms with Crippen LogP contribution in [0.3, 0.4) is 0 Å². The molecule has 4 heterocycles. The van der Waals surface area contributed by atoms with Crippen molar-refractivity contribution in [2.75, 3.05) is 50.7 Å². The first-order valence-corrected chi connectivity index (χ1v) is 11.2. The molecule has 1 amide bonds. The number of thiophene rings is 1. The van der Waals surface area contributed by atoms with Gasteiger partial charge in [-0.2, -0.15) is 8.78 Å². The third-order valence-corrected chi connectivity index (χ3v) is 6.59. The molecule has 2 aromatic heterocycles. The smallest absolute Gasteiger partial charge is 0.387 e. The molecule has 6 nitrogen and oxygen atoms in total. The van der Waals surface area contributed by atoms with Crippen LogP contribution < -0.4 is 9.64 Å². The highest BCUT2D eigenvalue weighted by molar-refractivity contribution is 7.12. The number of piperidine rings is 1. The standard InChI is InChI=1S/C21H26F2N4O2S/c22-21(23)29-17-6-13-30-19(17)20(28)27-8-3-4-16(15-27)14-25-9-11-26(12-10-25)18-5-1-2-7-24-18/h1-2,5-7,13,16,21H,3-4,8-12,14-15H2. The average molecular weight is 437 g/mol. The van der Waals surface area contributed by atoms with E-state index < -0.39 is 6.61 Å². The Balaban J connectivity index is 1.29. The van der Waals surface area contributed by atoms with Crippen LogP contribution in [0.2, 0.25) is 0 Å². The van der Waals surface area contributed by atoms with Crippen molar-refractivity contribution in [2.24, 2.45) is 5.92 Å². The first-order valence-electron chi connectivity index (χ1n) is 10.3. The molecule has 2 aromatic rings. The molecule has 0 bridgehead atoms. The number of aromatic nitrogens is 1. The lowest BCUT2D eigenvalue weighted by Crippen LogP contribution is -2.50. The van der Waals surface area contributed by atoms with E-state index in [1.165, 1.54) is 6.07 Å². The van der Waals surface area contributed by atoms with E-state index in [2.05, 4.69) is 19.5 Å². The second-order valence-electron chi connectivity index (χ2n) is 7.73. The number of likely N-dealkylation sites (tertiary alicyclic amines) is 1. The van der Waals surface area contributed by atoms with Gasteiger partial charge in [0.15, 0.2) is 0 Å². The molecule has 0 N–H and O–H groups in total. The number of hydrogen-bond donors (Lipinski definition) is 0. The van der Waals surface area contributed by atoms with Gasteiger partial charge in [0, 0.05) is 52.0 Å². The molecule has 4 rings (SSSR count).